The minimum Gasteiger partial charge on any atom is -0.369 e. The summed E-state index contributed by atoms with van der Waals surface area (Å²) >= 11 is 0. The number of para-hydroxylation sites is 1. The lowest BCUT2D eigenvalue weighted by molar-refractivity contribution is 0.864. The van der Waals surface area contributed by atoms with Crippen LogP contribution in [0.15, 0.2) is 54.6 Å². The second-order valence-electron chi connectivity index (χ2n) is 7.01. The first-order chi connectivity index (χ1) is 12.1. The Morgan fingerprint density at radius 1 is 0.960 bits per heavy atom. The highest BCUT2D eigenvalue weighted by molar-refractivity contribution is 6.05. The van der Waals surface area contributed by atoms with Crippen LogP contribution in [0, 0.1) is 5.41 Å². The average Bonchev–Trinajstić information content (AvgIpc) is 3.03. The van der Waals surface area contributed by atoms with Crippen molar-refractivity contribution in [1.82, 2.24) is 0 Å². The molecule has 0 radical (unpaired) electrons. The molecule has 126 valence electrons. The highest BCUT2D eigenvalue weighted by atomic mass is 15.2. The van der Waals surface area contributed by atoms with Crippen LogP contribution in [-0.4, -0.2) is 5.96 Å². The van der Waals surface area contributed by atoms with Gasteiger partial charge in [0.05, 0.1) is 11.4 Å². The Bertz CT molecular complexity index is 972. The number of aryl methyl sites for hydroxylation is 2. The van der Waals surface area contributed by atoms with Gasteiger partial charge in [0.1, 0.15) is 0 Å². The summed E-state index contributed by atoms with van der Waals surface area (Å²) in [5.41, 5.74) is 12.0. The van der Waals surface area contributed by atoms with Crippen LogP contribution in [0.2, 0.25) is 0 Å². The number of guanidine groups is 1. The quantitative estimate of drug-likeness (QED) is 0.519. The third kappa shape index (κ3) is 2.47. The molecule has 3 nitrogen and oxygen atoms in total. The van der Waals surface area contributed by atoms with Crippen LogP contribution < -0.4 is 10.6 Å². The molecule has 0 spiro atoms. The first-order valence-electron chi connectivity index (χ1n) is 8.84. The molecule has 1 aliphatic rings. The molecule has 0 saturated carbocycles. The normalized spacial score (nSPS) is 12.8. The number of nitrogens with zero attached hydrogens (tertiary/aromatic N) is 1. The van der Waals surface area contributed by atoms with E-state index in [1.807, 2.05) is 11.0 Å². The molecule has 0 amide bonds. The van der Waals surface area contributed by atoms with Gasteiger partial charge in [-0.2, -0.15) is 0 Å². The van der Waals surface area contributed by atoms with Gasteiger partial charge in [-0.25, -0.2) is 0 Å². The van der Waals surface area contributed by atoms with E-state index in [2.05, 4.69) is 62.4 Å². The molecule has 0 atom stereocenters. The Labute approximate surface area is 148 Å². The maximum Gasteiger partial charge on any atom is 0.197 e. The van der Waals surface area contributed by atoms with E-state index in [1.54, 1.807) is 0 Å². The van der Waals surface area contributed by atoms with Crippen molar-refractivity contribution in [2.24, 2.45) is 5.73 Å². The van der Waals surface area contributed by atoms with Crippen LogP contribution in [0.5, 0.6) is 0 Å². The average molecular weight is 329 g/mol. The Kier molecular flexibility index (Phi) is 3.72. The molecule has 0 saturated heterocycles. The first kappa shape index (κ1) is 15.7. The molecule has 0 unspecified atom stereocenters. The summed E-state index contributed by atoms with van der Waals surface area (Å²) in [5, 5.41) is 10.9. The van der Waals surface area contributed by atoms with Crippen molar-refractivity contribution in [1.29, 1.82) is 5.41 Å². The van der Waals surface area contributed by atoms with Gasteiger partial charge in [-0.05, 0) is 58.4 Å². The number of hydrogen-bond donors (Lipinski definition) is 2. The van der Waals surface area contributed by atoms with E-state index in [0.29, 0.717) is 5.92 Å². The van der Waals surface area contributed by atoms with Crippen molar-refractivity contribution in [3.8, 4) is 0 Å². The fraction of sp³-hybridized carbons (Fsp3) is 0.227. The fourth-order valence-electron chi connectivity index (χ4n) is 4.02. The van der Waals surface area contributed by atoms with Gasteiger partial charge in [0.15, 0.2) is 5.96 Å². The van der Waals surface area contributed by atoms with Gasteiger partial charge in [-0.15, -0.1) is 0 Å². The van der Waals surface area contributed by atoms with E-state index in [9.17, 15) is 0 Å². The zero-order valence-electron chi connectivity index (χ0n) is 14.7. The highest BCUT2D eigenvalue weighted by Gasteiger charge is 2.24. The molecule has 0 heterocycles. The predicted octanol–water partition coefficient (Wildman–Crippen LogP) is 5.09. The maximum absolute atomic E-state index is 8.26. The van der Waals surface area contributed by atoms with E-state index in [-0.39, 0.29) is 5.96 Å². The number of nitrogens with two attached hydrogens (primary N) is 1. The topological polar surface area (TPSA) is 53.1 Å². The second kappa shape index (κ2) is 5.92. The smallest absolute Gasteiger partial charge is 0.197 e. The van der Waals surface area contributed by atoms with E-state index in [0.717, 1.165) is 24.2 Å². The van der Waals surface area contributed by atoms with Gasteiger partial charge in [-0.1, -0.05) is 56.3 Å². The number of hydrogen-bond acceptors (Lipinski definition) is 1. The zero-order chi connectivity index (χ0) is 17.6. The van der Waals surface area contributed by atoms with Gasteiger partial charge < -0.3 is 5.73 Å². The number of rotatable bonds is 3. The molecular formula is C22H23N3. The molecule has 1 aliphatic carbocycles. The lowest BCUT2D eigenvalue weighted by Gasteiger charge is -2.28. The molecule has 25 heavy (non-hydrogen) atoms. The maximum atomic E-state index is 8.26. The summed E-state index contributed by atoms with van der Waals surface area (Å²) < 4.78 is 0. The summed E-state index contributed by atoms with van der Waals surface area (Å²) in [6.07, 6.45) is 2.06. The summed E-state index contributed by atoms with van der Waals surface area (Å²) in [5.74, 6) is 0.427. The Morgan fingerprint density at radius 2 is 1.76 bits per heavy atom. The van der Waals surface area contributed by atoms with Crippen LogP contribution in [-0.2, 0) is 12.8 Å². The van der Waals surface area contributed by atoms with Crippen LogP contribution >= 0.6 is 0 Å². The van der Waals surface area contributed by atoms with Crippen LogP contribution in [0.4, 0.5) is 11.4 Å². The summed E-state index contributed by atoms with van der Waals surface area (Å²) in [6.45, 7) is 4.35. The van der Waals surface area contributed by atoms with Gasteiger partial charge in [0, 0.05) is 0 Å². The summed E-state index contributed by atoms with van der Waals surface area (Å²) in [4.78, 5) is 1.91. The Balaban J connectivity index is 1.96. The van der Waals surface area contributed by atoms with E-state index in [1.165, 1.54) is 27.5 Å². The second-order valence-corrected chi connectivity index (χ2v) is 7.01. The molecule has 3 aromatic rings. The van der Waals surface area contributed by atoms with Crippen LogP contribution in [0.1, 0.15) is 36.5 Å². The monoisotopic (exact) mass is 329 g/mol. The molecule has 3 aromatic carbocycles. The van der Waals surface area contributed by atoms with E-state index in [4.69, 9.17) is 11.1 Å². The van der Waals surface area contributed by atoms with Gasteiger partial charge >= 0.3 is 0 Å². The Morgan fingerprint density at radius 3 is 2.52 bits per heavy atom. The summed E-state index contributed by atoms with van der Waals surface area (Å²) in [7, 11) is 0. The Hall–Kier alpha value is -2.81. The minimum absolute atomic E-state index is 0.0630. The number of nitrogens with one attached hydrogen (secondary N) is 1. The van der Waals surface area contributed by atoms with Gasteiger partial charge in [-0.3, -0.25) is 10.3 Å². The zero-order valence-corrected chi connectivity index (χ0v) is 14.7. The number of benzene rings is 3. The van der Waals surface area contributed by atoms with Crippen molar-refractivity contribution in [3.63, 3.8) is 0 Å². The van der Waals surface area contributed by atoms with Crippen molar-refractivity contribution in [2.45, 2.75) is 32.6 Å². The summed E-state index contributed by atoms with van der Waals surface area (Å²) in [6, 6.07) is 19.0. The molecular weight excluding hydrogens is 306 g/mol. The molecule has 0 bridgehead atoms. The molecule has 0 aliphatic heterocycles. The lowest BCUT2D eigenvalue weighted by atomic mass is 9.98. The lowest BCUT2D eigenvalue weighted by Crippen LogP contribution is -2.33. The predicted molar refractivity (Wildman–Crippen MR) is 106 cm³/mol. The van der Waals surface area contributed by atoms with Crippen molar-refractivity contribution >= 4 is 28.1 Å². The number of anilines is 2. The van der Waals surface area contributed by atoms with Crippen LogP contribution in [0.3, 0.4) is 0 Å². The fourth-order valence-corrected chi connectivity index (χ4v) is 4.02. The SMILES string of the molecule is CC(C)c1ccccc1N(C(=N)N)c1ccc2cccc3c2c1CC3. The van der Waals surface area contributed by atoms with Gasteiger partial charge in [0.2, 0.25) is 0 Å². The first-order valence-corrected chi connectivity index (χ1v) is 8.84. The molecule has 4 rings (SSSR count). The van der Waals surface area contributed by atoms with E-state index < -0.39 is 0 Å². The largest absolute Gasteiger partial charge is 0.369 e. The molecule has 0 fully saturated rings. The third-order valence-electron chi connectivity index (χ3n) is 5.14. The van der Waals surface area contributed by atoms with Crippen molar-refractivity contribution < 1.29 is 0 Å². The standard InChI is InChI=1S/C22H23N3/c1-14(2)17-8-3-4-9-19(17)25(22(23)24)20-13-11-16-7-5-6-15-10-12-18(20)21(15)16/h3-9,11,13-14H,10,12H2,1-2H3,(H3,23,24). The third-order valence-corrected chi connectivity index (χ3v) is 5.14. The molecule has 3 heteroatoms. The molecule has 0 aromatic heterocycles. The van der Waals surface area contributed by atoms with Gasteiger partial charge in [0.25, 0.3) is 0 Å². The van der Waals surface area contributed by atoms with Crippen molar-refractivity contribution in [3.05, 3.63) is 71.3 Å². The van der Waals surface area contributed by atoms with Crippen molar-refractivity contribution in [2.75, 3.05) is 4.90 Å². The van der Waals surface area contributed by atoms with E-state index >= 15 is 0 Å². The minimum atomic E-state index is 0.0630. The molecule has 3 N–H and O–H groups in total. The van der Waals surface area contributed by atoms with Crippen LogP contribution in [0.25, 0.3) is 10.8 Å². The highest BCUT2D eigenvalue weighted by Crippen LogP contribution is 2.41.